The van der Waals surface area contributed by atoms with Gasteiger partial charge in [-0.15, -0.1) is 0 Å². The molecule has 0 saturated carbocycles. The minimum absolute atomic E-state index is 0.950. The molecule has 0 amide bonds. The molecule has 1 N–H and O–H groups in total. The quantitative estimate of drug-likeness (QED) is 0.933. The number of rotatable bonds is 4. The maximum Gasteiger partial charge on any atom is 0.122 e. The van der Waals surface area contributed by atoms with E-state index in [0.29, 0.717) is 0 Å². The van der Waals surface area contributed by atoms with Gasteiger partial charge in [0.05, 0.1) is 7.11 Å². The highest BCUT2D eigenvalue weighted by atomic mass is 79.9. The lowest BCUT2D eigenvalue weighted by molar-refractivity contribution is 0.410. The van der Waals surface area contributed by atoms with Gasteiger partial charge in [0.1, 0.15) is 5.75 Å². The molecule has 0 atom stereocenters. The molecule has 17 heavy (non-hydrogen) atoms. The first-order valence-electron chi connectivity index (χ1n) is 5.66. The molecule has 0 bridgehead atoms. The van der Waals surface area contributed by atoms with Crippen LogP contribution in [-0.2, 0) is 6.42 Å². The topological polar surface area (TPSA) is 21.3 Å². The van der Waals surface area contributed by atoms with Crippen LogP contribution in [0.5, 0.6) is 5.75 Å². The van der Waals surface area contributed by atoms with Crippen LogP contribution < -0.4 is 10.1 Å². The molecule has 0 heterocycles. The number of benzene rings is 2. The van der Waals surface area contributed by atoms with E-state index in [9.17, 15) is 0 Å². The third-order valence-corrected chi connectivity index (χ3v) is 3.39. The predicted octanol–water partition coefficient (Wildman–Crippen LogP) is 3.37. The van der Waals surface area contributed by atoms with E-state index < -0.39 is 0 Å². The van der Waals surface area contributed by atoms with Crippen molar-refractivity contribution in [2.24, 2.45) is 0 Å². The van der Waals surface area contributed by atoms with Crippen LogP contribution in [0.4, 0.5) is 0 Å². The summed E-state index contributed by atoms with van der Waals surface area (Å²) < 4.78 is 6.55. The average Bonchev–Trinajstić information content (AvgIpc) is 2.35. The molecule has 0 aliphatic heterocycles. The lowest BCUT2D eigenvalue weighted by Gasteiger charge is -2.12. The van der Waals surface area contributed by atoms with Crippen LogP contribution in [0.15, 0.2) is 34.8 Å². The van der Waals surface area contributed by atoms with Crippen molar-refractivity contribution < 1.29 is 4.74 Å². The van der Waals surface area contributed by atoms with Gasteiger partial charge in [-0.05, 0) is 49.0 Å². The summed E-state index contributed by atoms with van der Waals surface area (Å²) in [5.74, 6) is 0.968. The SMILES string of the molecule is CNCCc1c(OC)ccc2cc(Br)ccc12. The Hall–Kier alpha value is -1.06. The van der Waals surface area contributed by atoms with Crippen LogP contribution in [0.2, 0.25) is 0 Å². The van der Waals surface area contributed by atoms with Gasteiger partial charge in [-0.3, -0.25) is 0 Å². The normalized spacial score (nSPS) is 10.8. The molecule has 0 aliphatic carbocycles. The zero-order valence-electron chi connectivity index (χ0n) is 10.1. The van der Waals surface area contributed by atoms with Gasteiger partial charge in [0.2, 0.25) is 0 Å². The summed E-state index contributed by atoms with van der Waals surface area (Å²) in [5.41, 5.74) is 1.27. The second-order valence-electron chi connectivity index (χ2n) is 3.97. The molecule has 0 radical (unpaired) electrons. The minimum Gasteiger partial charge on any atom is -0.496 e. The molecule has 2 rings (SSSR count). The molecular weight excluding hydrogens is 278 g/mol. The van der Waals surface area contributed by atoms with Gasteiger partial charge in [0, 0.05) is 10.0 Å². The van der Waals surface area contributed by atoms with Crippen molar-refractivity contribution in [1.82, 2.24) is 5.32 Å². The Morgan fingerprint density at radius 3 is 2.76 bits per heavy atom. The maximum absolute atomic E-state index is 5.44. The summed E-state index contributed by atoms with van der Waals surface area (Å²) in [6.07, 6.45) is 0.971. The summed E-state index contributed by atoms with van der Waals surface area (Å²) in [4.78, 5) is 0. The van der Waals surface area contributed by atoms with E-state index in [4.69, 9.17) is 4.74 Å². The van der Waals surface area contributed by atoms with Gasteiger partial charge in [-0.25, -0.2) is 0 Å². The van der Waals surface area contributed by atoms with Gasteiger partial charge < -0.3 is 10.1 Å². The minimum atomic E-state index is 0.950. The number of ether oxygens (including phenoxy) is 1. The third kappa shape index (κ3) is 2.61. The van der Waals surface area contributed by atoms with Crippen LogP contribution in [0.3, 0.4) is 0 Å². The molecule has 90 valence electrons. The highest BCUT2D eigenvalue weighted by Gasteiger charge is 2.07. The summed E-state index contributed by atoms with van der Waals surface area (Å²) in [6, 6.07) is 10.5. The molecule has 0 fully saturated rings. The number of hydrogen-bond acceptors (Lipinski definition) is 2. The second-order valence-corrected chi connectivity index (χ2v) is 4.88. The van der Waals surface area contributed by atoms with Gasteiger partial charge >= 0.3 is 0 Å². The second kappa shape index (κ2) is 5.52. The molecule has 0 aromatic heterocycles. The first-order chi connectivity index (χ1) is 8.26. The summed E-state index contributed by atoms with van der Waals surface area (Å²) in [7, 11) is 3.69. The van der Waals surface area contributed by atoms with Gasteiger partial charge in [-0.2, -0.15) is 0 Å². The van der Waals surface area contributed by atoms with Crippen molar-refractivity contribution in [3.63, 3.8) is 0 Å². The van der Waals surface area contributed by atoms with E-state index in [1.54, 1.807) is 7.11 Å². The Morgan fingerprint density at radius 1 is 1.24 bits per heavy atom. The van der Waals surface area contributed by atoms with Crippen molar-refractivity contribution in [3.05, 3.63) is 40.4 Å². The molecule has 0 unspecified atom stereocenters. The Labute approximate surface area is 110 Å². The van der Waals surface area contributed by atoms with E-state index in [0.717, 1.165) is 23.2 Å². The number of likely N-dealkylation sites (N-methyl/N-ethyl adjacent to an activating group) is 1. The zero-order valence-corrected chi connectivity index (χ0v) is 11.7. The van der Waals surface area contributed by atoms with Crippen LogP contribution in [-0.4, -0.2) is 20.7 Å². The first-order valence-corrected chi connectivity index (χ1v) is 6.45. The van der Waals surface area contributed by atoms with Gasteiger partial charge in [-0.1, -0.05) is 28.1 Å². The Morgan fingerprint density at radius 2 is 2.06 bits per heavy atom. The molecule has 3 heteroatoms. The summed E-state index contributed by atoms with van der Waals surface area (Å²) in [6.45, 7) is 0.950. The van der Waals surface area contributed by atoms with Crippen LogP contribution in [0.1, 0.15) is 5.56 Å². The van der Waals surface area contributed by atoms with E-state index in [2.05, 4.69) is 45.5 Å². The highest BCUT2D eigenvalue weighted by Crippen LogP contribution is 2.30. The Balaban J connectivity index is 2.57. The van der Waals surface area contributed by atoms with E-state index >= 15 is 0 Å². The number of nitrogens with one attached hydrogen (secondary N) is 1. The van der Waals surface area contributed by atoms with Crippen molar-refractivity contribution in [2.75, 3.05) is 20.7 Å². The molecule has 0 spiro atoms. The number of methoxy groups -OCH3 is 1. The Kier molecular flexibility index (Phi) is 4.02. The maximum atomic E-state index is 5.44. The van der Waals surface area contributed by atoms with Crippen molar-refractivity contribution in [2.45, 2.75) is 6.42 Å². The smallest absolute Gasteiger partial charge is 0.122 e. The summed E-state index contributed by atoms with van der Waals surface area (Å²) >= 11 is 3.50. The standard InChI is InChI=1S/C14H16BrNO/c1-16-8-7-13-12-5-4-11(15)9-10(12)3-6-14(13)17-2/h3-6,9,16H,7-8H2,1-2H3. The van der Waals surface area contributed by atoms with Gasteiger partial charge in [0.15, 0.2) is 0 Å². The van der Waals surface area contributed by atoms with Gasteiger partial charge in [0.25, 0.3) is 0 Å². The van der Waals surface area contributed by atoms with E-state index in [1.807, 2.05) is 13.1 Å². The fourth-order valence-corrected chi connectivity index (χ4v) is 2.42. The molecule has 0 aliphatic rings. The molecule has 0 saturated heterocycles. The van der Waals surface area contributed by atoms with Crippen molar-refractivity contribution >= 4 is 26.7 Å². The van der Waals surface area contributed by atoms with E-state index in [-0.39, 0.29) is 0 Å². The average molecular weight is 294 g/mol. The fourth-order valence-electron chi connectivity index (χ4n) is 2.04. The lowest BCUT2D eigenvalue weighted by Crippen LogP contribution is -2.11. The molecular formula is C14H16BrNO. The zero-order chi connectivity index (χ0) is 12.3. The largest absolute Gasteiger partial charge is 0.496 e. The molecule has 2 aromatic rings. The first kappa shape index (κ1) is 12.4. The van der Waals surface area contributed by atoms with Crippen LogP contribution in [0.25, 0.3) is 10.8 Å². The number of hydrogen-bond donors (Lipinski definition) is 1. The van der Waals surface area contributed by atoms with Crippen molar-refractivity contribution in [1.29, 1.82) is 0 Å². The molecule has 2 aromatic carbocycles. The number of halogens is 1. The van der Waals surface area contributed by atoms with E-state index in [1.165, 1.54) is 16.3 Å². The highest BCUT2D eigenvalue weighted by molar-refractivity contribution is 9.10. The Bertz CT molecular complexity index is 525. The predicted molar refractivity (Wildman–Crippen MR) is 75.8 cm³/mol. The summed E-state index contributed by atoms with van der Waals surface area (Å²) in [5, 5.41) is 5.69. The van der Waals surface area contributed by atoms with Crippen LogP contribution >= 0.6 is 15.9 Å². The van der Waals surface area contributed by atoms with Crippen LogP contribution in [0, 0.1) is 0 Å². The van der Waals surface area contributed by atoms with Crippen molar-refractivity contribution in [3.8, 4) is 5.75 Å². The number of fused-ring (bicyclic) bond motifs is 1. The third-order valence-electron chi connectivity index (χ3n) is 2.90. The fraction of sp³-hybridized carbons (Fsp3) is 0.286. The monoisotopic (exact) mass is 293 g/mol. The lowest BCUT2D eigenvalue weighted by atomic mass is 10.0. The molecule has 2 nitrogen and oxygen atoms in total.